The molecule has 150 valence electrons. The van der Waals surface area contributed by atoms with Crippen LogP contribution in [0.5, 0.6) is 0 Å². The van der Waals surface area contributed by atoms with Crippen LogP contribution in [0.2, 0.25) is 0 Å². The first-order valence-electron chi connectivity index (χ1n) is 10.5. The van der Waals surface area contributed by atoms with E-state index in [1.165, 1.54) is 22.5 Å². The Morgan fingerprint density at radius 3 is 2.22 bits per heavy atom. The van der Waals surface area contributed by atoms with Crippen LogP contribution in [0.1, 0.15) is 95.3 Å². The van der Waals surface area contributed by atoms with Gasteiger partial charge in [0.1, 0.15) is 5.82 Å². The average molecular weight is 372 g/mol. The first-order valence-corrected chi connectivity index (χ1v) is 10.5. The molecule has 0 aliphatic rings. The molecule has 0 aliphatic carbocycles. The van der Waals surface area contributed by atoms with Crippen molar-refractivity contribution in [2.24, 2.45) is 5.41 Å². The fourth-order valence-corrected chi connectivity index (χ4v) is 4.38. The molecule has 0 aliphatic heterocycles. The van der Waals surface area contributed by atoms with E-state index in [1.807, 2.05) is 6.07 Å². The summed E-state index contributed by atoms with van der Waals surface area (Å²) in [4.78, 5) is 3.67. The maximum atomic E-state index is 13.9. The lowest BCUT2D eigenvalue weighted by Gasteiger charge is -2.34. The molecular weight excluding hydrogens is 333 g/mol. The van der Waals surface area contributed by atoms with E-state index in [2.05, 4.69) is 66.4 Å². The summed E-state index contributed by atoms with van der Waals surface area (Å²) in [7, 11) is 0. The van der Waals surface area contributed by atoms with Gasteiger partial charge in [-0.05, 0) is 66.3 Å². The monoisotopic (exact) mass is 371 g/mol. The van der Waals surface area contributed by atoms with Gasteiger partial charge in [0.05, 0.1) is 0 Å². The lowest BCUT2D eigenvalue weighted by Crippen LogP contribution is -2.23. The highest BCUT2D eigenvalue weighted by atomic mass is 19.1. The van der Waals surface area contributed by atoms with E-state index in [0.717, 1.165) is 31.2 Å². The zero-order valence-corrected chi connectivity index (χ0v) is 18.6. The Hall–Kier alpha value is -1.57. The number of halogens is 1. The van der Waals surface area contributed by atoms with Gasteiger partial charge < -0.3 is 4.98 Å². The van der Waals surface area contributed by atoms with E-state index in [0.29, 0.717) is 5.92 Å². The molecule has 1 nitrogen and oxygen atoms in total. The molecule has 2 aromatic rings. The summed E-state index contributed by atoms with van der Waals surface area (Å²) in [5.74, 6) is 0.206. The van der Waals surface area contributed by atoms with Gasteiger partial charge in [0.25, 0.3) is 0 Å². The summed E-state index contributed by atoms with van der Waals surface area (Å²) in [6.07, 6.45) is 4.20. The van der Waals surface area contributed by atoms with Crippen molar-refractivity contribution in [2.45, 2.75) is 92.4 Å². The Morgan fingerprint density at radius 1 is 1.04 bits per heavy atom. The highest BCUT2D eigenvalue weighted by Crippen LogP contribution is 2.42. The van der Waals surface area contributed by atoms with Crippen LogP contribution in [0, 0.1) is 18.2 Å². The molecule has 0 saturated heterocycles. The molecule has 1 atom stereocenters. The molecule has 0 radical (unpaired) electrons. The van der Waals surface area contributed by atoms with Crippen molar-refractivity contribution in [1.82, 2.24) is 4.98 Å². The van der Waals surface area contributed by atoms with Gasteiger partial charge in [0.15, 0.2) is 0 Å². The van der Waals surface area contributed by atoms with E-state index < -0.39 is 0 Å². The quantitative estimate of drug-likeness (QED) is 0.519. The lowest BCUT2D eigenvalue weighted by atomic mass is 9.70. The number of aryl methyl sites for hydroxylation is 1. The van der Waals surface area contributed by atoms with Crippen molar-refractivity contribution in [2.75, 3.05) is 0 Å². The maximum Gasteiger partial charge on any atom is 0.123 e. The van der Waals surface area contributed by atoms with Crippen LogP contribution in [0.25, 0.3) is 0 Å². The molecule has 0 amide bonds. The molecule has 2 rings (SSSR count). The predicted molar refractivity (Wildman–Crippen MR) is 115 cm³/mol. The van der Waals surface area contributed by atoms with Gasteiger partial charge in [-0.25, -0.2) is 4.39 Å². The topological polar surface area (TPSA) is 15.8 Å². The van der Waals surface area contributed by atoms with Crippen LogP contribution in [-0.4, -0.2) is 4.98 Å². The SMILES string of the molecule is CCc1c(C)[nH]c(C(C)(C)C)c1CCC(c1cccc(F)c1)C(C)(C)CC. The second-order valence-corrected chi connectivity index (χ2v) is 9.67. The van der Waals surface area contributed by atoms with Gasteiger partial charge in [-0.1, -0.05) is 67.0 Å². The fraction of sp³-hybridized carbons (Fsp3) is 0.600. The third-order valence-corrected chi connectivity index (χ3v) is 6.32. The summed E-state index contributed by atoms with van der Waals surface area (Å²) in [6.45, 7) is 18.1. The Bertz CT molecular complexity index is 761. The Kier molecular flexibility index (Phi) is 6.60. The van der Waals surface area contributed by atoms with Gasteiger partial charge in [0, 0.05) is 16.8 Å². The van der Waals surface area contributed by atoms with E-state index in [-0.39, 0.29) is 16.6 Å². The highest BCUT2D eigenvalue weighted by molar-refractivity contribution is 5.40. The summed E-state index contributed by atoms with van der Waals surface area (Å²) in [5.41, 5.74) is 6.97. The summed E-state index contributed by atoms with van der Waals surface area (Å²) < 4.78 is 13.9. The van der Waals surface area contributed by atoms with Crippen LogP contribution in [0.4, 0.5) is 4.39 Å². The summed E-state index contributed by atoms with van der Waals surface area (Å²) >= 11 is 0. The maximum absolute atomic E-state index is 13.9. The number of aromatic nitrogens is 1. The number of benzene rings is 1. The molecule has 1 aromatic carbocycles. The molecule has 1 N–H and O–H groups in total. The zero-order valence-electron chi connectivity index (χ0n) is 18.6. The Morgan fingerprint density at radius 2 is 1.70 bits per heavy atom. The number of H-pyrrole nitrogens is 1. The van der Waals surface area contributed by atoms with Crippen LogP contribution in [0.15, 0.2) is 24.3 Å². The molecule has 1 unspecified atom stereocenters. The van der Waals surface area contributed by atoms with E-state index in [9.17, 15) is 4.39 Å². The van der Waals surface area contributed by atoms with Crippen molar-refractivity contribution in [1.29, 1.82) is 0 Å². The zero-order chi connectivity index (χ0) is 20.4. The van der Waals surface area contributed by atoms with Gasteiger partial charge >= 0.3 is 0 Å². The van der Waals surface area contributed by atoms with Crippen molar-refractivity contribution < 1.29 is 4.39 Å². The van der Waals surface area contributed by atoms with Crippen LogP contribution in [-0.2, 0) is 18.3 Å². The van der Waals surface area contributed by atoms with Crippen LogP contribution in [0.3, 0.4) is 0 Å². The minimum Gasteiger partial charge on any atom is -0.362 e. The number of rotatable bonds is 7. The van der Waals surface area contributed by atoms with Crippen molar-refractivity contribution in [3.05, 3.63) is 58.2 Å². The number of hydrogen-bond donors (Lipinski definition) is 1. The number of hydrogen-bond acceptors (Lipinski definition) is 0. The third kappa shape index (κ3) is 4.83. The molecule has 1 aromatic heterocycles. The lowest BCUT2D eigenvalue weighted by molar-refractivity contribution is 0.260. The molecule has 0 saturated carbocycles. The molecule has 0 bridgehead atoms. The molecule has 0 spiro atoms. The number of aromatic amines is 1. The third-order valence-electron chi connectivity index (χ3n) is 6.32. The Balaban J connectivity index is 2.41. The fourth-order valence-electron chi connectivity index (χ4n) is 4.38. The first kappa shape index (κ1) is 21.7. The first-order chi connectivity index (χ1) is 12.5. The summed E-state index contributed by atoms with van der Waals surface area (Å²) in [5, 5.41) is 0. The molecule has 1 heterocycles. The predicted octanol–water partition coefficient (Wildman–Crippen LogP) is 7.47. The second-order valence-electron chi connectivity index (χ2n) is 9.67. The average Bonchev–Trinajstić information content (AvgIpc) is 2.91. The smallest absolute Gasteiger partial charge is 0.123 e. The largest absolute Gasteiger partial charge is 0.362 e. The van der Waals surface area contributed by atoms with Crippen LogP contribution < -0.4 is 0 Å². The van der Waals surface area contributed by atoms with Crippen molar-refractivity contribution in [3.8, 4) is 0 Å². The number of nitrogens with one attached hydrogen (secondary N) is 1. The second kappa shape index (κ2) is 8.20. The van der Waals surface area contributed by atoms with E-state index in [4.69, 9.17) is 0 Å². The van der Waals surface area contributed by atoms with E-state index >= 15 is 0 Å². The summed E-state index contributed by atoms with van der Waals surface area (Å²) in [6, 6.07) is 7.22. The standard InChI is InChI=1S/C25H38FN/c1-9-20-17(3)27-23(24(4,5)6)21(20)14-15-22(25(7,8)10-2)18-12-11-13-19(26)16-18/h11-13,16,22,27H,9-10,14-15H2,1-8H3. The molecular formula is C25H38FN. The van der Waals surface area contributed by atoms with Gasteiger partial charge in [0.2, 0.25) is 0 Å². The van der Waals surface area contributed by atoms with E-state index in [1.54, 1.807) is 12.1 Å². The van der Waals surface area contributed by atoms with Gasteiger partial charge in [-0.2, -0.15) is 0 Å². The Labute approximate surface area is 165 Å². The van der Waals surface area contributed by atoms with Crippen LogP contribution >= 0.6 is 0 Å². The van der Waals surface area contributed by atoms with Crippen molar-refractivity contribution in [3.63, 3.8) is 0 Å². The minimum absolute atomic E-state index is 0.0993. The van der Waals surface area contributed by atoms with Gasteiger partial charge in [-0.15, -0.1) is 0 Å². The normalized spacial score (nSPS) is 13.8. The van der Waals surface area contributed by atoms with Gasteiger partial charge in [-0.3, -0.25) is 0 Å². The van der Waals surface area contributed by atoms with Crippen molar-refractivity contribution >= 4 is 0 Å². The molecule has 2 heteroatoms. The molecule has 27 heavy (non-hydrogen) atoms. The minimum atomic E-state index is -0.133. The molecule has 0 fully saturated rings. The highest BCUT2D eigenvalue weighted by Gasteiger charge is 2.31.